The molecule has 0 fully saturated rings. The molecule has 0 aliphatic rings. The minimum Gasteiger partial charge on any atom is -0.332 e. The Kier molecular flexibility index (Phi) is 5.76. The van der Waals surface area contributed by atoms with Crippen LogP contribution in [0.15, 0.2) is 66.0 Å². The number of benzene rings is 2. The SMILES string of the molecule is Cc1ccccc1-c1nc(S(C)(=O)=O)ncc1C(=O)N(C)C(C)(C)c1ccccc1. The van der Waals surface area contributed by atoms with Crippen LogP contribution in [-0.2, 0) is 15.4 Å². The summed E-state index contributed by atoms with van der Waals surface area (Å²) in [6.07, 6.45) is 2.36. The summed E-state index contributed by atoms with van der Waals surface area (Å²) in [5, 5.41) is -0.303. The van der Waals surface area contributed by atoms with Crippen molar-refractivity contribution >= 4 is 15.7 Å². The van der Waals surface area contributed by atoms with Crippen molar-refractivity contribution in [3.05, 3.63) is 77.5 Å². The van der Waals surface area contributed by atoms with Crippen LogP contribution in [0.25, 0.3) is 11.3 Å². The van der Waals surface area contributed by atoms with Crippen LogP contribution in [0.5, 0.6) is 0 Å². The molecule has 0 N–H and O–H groups in total. The third-order valence-corrected chi connectivity index (χ3v) is 6.21. The summed E-state index contributed by atoms with van der Waals surface area (Å²) in [5.74, 6) is -0.290. The van der Waals surface area contributed by atoms with E-state index in [1.54, 1.807) is 11.9 Å². The maximum absolute atomic E-state index is 13.5. The number of amides is 1. The second kappa shape index (κ2) is 7.99. The minimum atomic E-state index is -3.63. The van der Waals surface area contributed by atoms with Crippen LogP contribution in [0.2, 0.25) is 0 Å². The maximum Gasteiger partial charge on any atom is 0.258 e. The van der Waals surface area contributed by atoms with Crippen LogP contribution < -0.4 is 0 Å². The Hall–Kier alpha value is -3.06. The van der Waals surface area contributed by atoms with Crippen LogP contribution in [0.4, 0.5) is 0 Å². The monoisotopic (exact) mass is 423 g/mol. The van der Waals surface area contributed by atoms with Gasteiger partial charge in [0, 0.05) is 25.1 Å². The van der Waals surface area contributed by atoms with Gasteiger partial charge in [-0.25, -0.2) is 18.4 Å². The van der Waals surface area contributed by atoms with Gasteiger partial charge in [-0.3, -0.25) is 4.79 Å². The van der Waals surface area contributed by atoms with E-state index in [0.717, 1.165) is 17.4 Å². The van der Waals surface area contributed by atoms with Crippen molar-refractivity contribution in [2.45, 2.75) is 31.5 Å². The van der Waals surface area contributed by atoms with Gasteiger partial charge in [-0.05, 0) is 31.9 Å². The molecule has 0 spiro atoms. The van der Waals surface area contributed by atoms with Gasteiger partial charge in [-0.15, -0.1) is 0 Å². The molecule has 7 heteroatoms. The summed E-state index contributed by atoms with van der Waals surface area (Å²) in [7, 11) is -1.90. The second-order valence-corrected chi connectivity index (χ2v) is 9.70. The van der Waals surface area contributed by atoms with E-state index in [1.165, 1.54) is 6.20 Å². The Balaban J connectivity index is 2.15. The standard InChI is InChI=1S/C23H25N3O3S/c1-16-11-9-10-14-18(16)20-19(15-24-22(25-20)30(5,28)29)21(27)26(4)23(2,3)17-12-7-6-8-13-17/h6-15H,1-5H3. The largest absolute Gasteiger partial charge is 0.332 e. The zero-order valence-corrected chi connectivity index (χ0v) is 18.6. The second-order valence-electron chi connectivity index (χ2n) is 7.79. The van der Waals surface area contributed by atoms with Gasteiger partial charge < -0.3 is 4.90 Å². The third-order valence-electron chi connectivity index (χ3n) is 5.35. The van der Waals surface area contributed by atoms with E-state index < -0.39 is 15.4 Å². The summed E-state index contributed by atoms with van der Waals surface area (Å²) >= 11 is 0. The number of sulfone groups is 1. The number of carbonyl (C=O) groups is 1. The quantitative estimate of drug-likeness (QED) is 0.582. The van der Waals surface area contributed by atoms with Crippen LogP contribution >= 0.6 is 0 Å². The van der Waals surface area contributed by atoms with Gasteiger partial charge in [0.05, 0.1) is 16.8 Å². The van der Waals surface area contributed by atoms with Crippen LogP contribution in [0.3, 0.4) is 0 Å². The molecule has 0 bridgehead atoms. The number of nitrogens with zero attached hydrogens (tertiary/aromatic N) is 3. The molecule has 156 valence electrons. The average Bonchev–Trinajstić information content (AvgIpc) is 2.72. The van der Waals surface area contributed by atoms with Gasteiger partial charge in [-0.1, -0.05) is 54.6 Å². The number of hydrogen-bond donors (Lipinski definition) is 0. The molecular formula is C23H25N3O3S. The topological polar surface area (TPSA) is 80.2 Å². The first-order valence-corrected chi connectivity index (χ1v) is 11.4. The highest BCUT2D eigenvalue weighted by Gasteiger charge is 2.32. The lowest BCUT2D eigenvalue weighted by atomic mass is 9.91. The molecule has 2 aromatic carbocycles. The summed E-state index contributed by atoms with van der Waals surface area (Å²) in [4.78, 5) is 23.4. The van der Waals surface area contributed by atoms with Gasteiger partial charge >= 0.3 is 0 Å². The lowest BCUT2D eigenvalue weighted by Crippen LogP contribution is -2.43. The lowest BCUT2D eigenvalue weighted by molar-refractivity contribution is 0.0622. The number of carbonyl (C=O) groups excluding carboxylic acids is 1. The molecule has 30 heavy (non-hydrogen) atoms. The average molecular weight is 424 g/mol. The van der Waals surface area contributed by atoms with Crippen molar-refractivity contribution in [3.63, 3.8) is 0 Å². The van der Waals surface area contributed by atoms with E-state index in [1.807, 2.05) is 75.4 Å². The van der Waals surface area contributed by atoms with Crippen molar-refractivity contribution in [2.24, 2.45) is 0 Å². The van der Waals surface area contributed by atoms with E-state index in [2.05, 4.69) is 9.97 Å². The van der Waals surface area contributed by atoms with Crippen molar-refractivity contribution in [2.75, 3.05) is 13.3 Å². The molecule has 3 rings (SSSR count). The van der Waals surface area contributed by atoms with Gasteiger partial charge in [0.25, 0.3) is 5.91 Å². The molecule has 0 saturated carbocycles. The third kappa shape index (κ3) is 4.11. The van der Waals surface area contributed by atoms with E-state index in [4.69, 9.17) is 0 Å². The van der Waals surface area contributed by atoms with E-state index in [-0.39, 0.29) is 16.6 Å². The van der Waals surface area contributed by atoms with Crippen molar-refractivity contribution in [1.29, 1.82) is 0 Å². The Morgan fingerprint density at radius 3 is 2.20 bits per heavy atom. The summed E-state index contributed by atoms with van der Waals surface area (Å²) in [6, 6.07) is 17.1. The molecule has 0 saturated heterocycles. The number of rotatable bonds is 5. The summed E-state index contributed by atoms with van der Waals surface area (Å²) < 4.78 is 24.1. The van der Waals surface area contributed by atoms with Gasteiger partial charge in [0.1, 0.15) is 0 Å². The molecule has 0 atom stereocenters. The zero-order valence-electron chi connectivity index (χ0n) is 17.7. The van der Waals surface area contributed by atoms with Crippen LogP contribution in [-0.4, -0.2) is 42.5 Å². The number of aromatic nitrogens is 2. The number of hydrogen-bond acceptors (Lipinski definition) is 5. The fourth-order valence-electron chi connectivity index (χ4n) is 3.22. The molecule has 3 aromatic rings. The Bertz CT molecular complexity index is 1190. The van der Waals surface area contributed by atoms with Gasteiger partial charge in [-0.2, -0.15) is 0 Å². The lowest BCUT2D eigenvalue weighted by Gasteiger charge is -2.36. The molecule has 0 unspecified atom stereocenters. The summed E-state index contributed by atoms with van der Waals surface area (Å²) in [6.45, 7) is 5.81. The highest BCUT2D eigenvalue weighted by Crippen LogP contribution is 2.31. The molecule has 0 radical (unpaired) electrons. The molecule has 0 aliphatic heterocycles. The highest BCUT2D eigenvalue weighted by atomic mass is 32.2. The Labute approximate surface area is 177 Å². The van der Waals surface area contributed by atoms with E-state index in [0.29, 0.717) is 11.3 Å². The zero-order chi connectivity index (χ0) is 22.1. The van der Waals surface area contributed by atoms with E-state index >= 15 is 0 Å². The minimum absolute atomic E-state index is 0.253. The Morgan fingerprint density at radius 1 is 1.00 bits per heavy atom. The predicted octanol–water partition coefficient (Wildman–Crippen LogP) is 3.86. The maximum atomic E-state index is 13.5. The van der Waals surface area contributed by atoms with Crippen LogP contribution in [0.1, 0.15) is 35.3 Å². The molecular weight excluding hydrogens is 398 g/mol. The van der Waals surface area contributed by atoms with Crippen molar-refractivity contribution in [3.8, 4) is 11.3 Å². The van der Waals surface area contributed by atoms with Gasteiger partial charge in [0.15, 0.2) is 0 Å². The first kappa shape index (κ1) is 21.6. The molecule has 1 amide bonds. The molecule has 6 nitrogen and oxygen atoms in total. The van der Waals surface area contributed by atoms with Crippen molar-refractivity contribution in [1.82, 2.24) is 14.9 Å². The first-order valence-electron chi connectivity index (χ1n) is 9.50. The fraction of sp³-hybridized carbons (Fsp3) is 0.261. The first-order chi connectivity index (χ1) is 14.0. The van der Waals surface area contributed by atoms with Gasteiger partial charge in [0.2, 0.25) is 15.0 Å². The smallest absolute Gasteiger partial charge is 0.258 e. The molecule has 1 aromatic heterocycles. The normalized spacial score (nSPS) is 11.9. The Morgan fingerprint density at radius 2 is 1.60 bits per heavy atom. The van der Waals surface area contributed by atoms with Crippen LogP contribution in [0, 0.1) is 6.92 Å². The molecule has 1 heterocycles. The number of aryl methyl sites for hydroxylation is 1. The predicted molar refractivity (Wildman–Crippen MR) is 117 cm³/mol. The summed E-state index contributed by atoms with van der Waals surface area (Å²) in [5.41, 5.74) is 2.52. The van der Waals surface area contributed by atoms with E-state index in [9.17, 15) is 13.2 Å². The highest BCUT2D eigenvalue weighted by molar-refractivity contribution is 7.90. The molecule has 0 aliphatic carbocycles. The van der Waals surface area contributed by atoms with Crippen molar-refractivity contribution < 1.29 is 13.2 Å². The fourth-order valence-corrected chi connectivity index (χ4v) is 3.72.